The Morgan fingerprint density at radius 3 is 2.79 bits per heavy atom. The molecule has 160 valence electrons. The van der Waals surface area contributed by atoms with Crippen LogP contribution in [0.5, 0.6) is 0 Å². The topological polar surface area (TPSA) is 86.0 Å². The van der Waals surface area contributed by atoms with Gasteiger partial charge >= 0.3 is 0 Å². The number of primary amides is 1. The molecule has 2 atom stereocenters. The molecule has 0 radical (unpaired) electrons. The highest BCUT2D eigenvalue weighted by atomic mass is 16.1. The van der Waals surface area contributed by atoms with Crippen LogP contribution in [0, 0.1) is 5.92 Å². The van der Waals surface area contributed by atoms with Gasteiger partial charge in [0.15, 0.2) is 5.96 Å². The van der Waals surface area contributed by atoms with Crippen LogP contribution in [-0.2, 0) is 4.79 Å². The zero-order valence-corrected chi connectivity index (χ0v) is 17.6. The van der Waals surface area contributed by atoms with E-state index in [4.69, 9.17) is 10.7 Å². The molecule has 0 aliphatic carbocycles. The summed E-state index contributed by atoms with van der Waals surface area (Å²) in [5.41, 5.74) is 6.76. The van der Waals surface area contributed by atoms with E-state index in [-0.39, 0.29) is 11.8 Å². The van der Waals surface area contributed by atoms with E-state index >= 15 is 0 Å². The number of hydrogen-bond acceptors (Lipinski definition) is 4. The van der Waals surface area contributed by atoms with Crippen LogP contribution in [0.15, 0.2) is 35.3 Å². The zero-order valence-electron chi connectivity index (χ0n) is 17.6. The monoisotopic (exact) mass is 400 g/mol. The molecule has 2 unspecified atom stereocenters. The van der Waals surface area contributed by atoms with E-state index in [1.54, 1.807) is 0 Å². The molecule has 1 amide bonds. The molecule has 29 heavy (non-hydrogen) atoms. The van der Waals surface area contributed by atoms with Gasteiger partial charge in [-0.05, 0) is 57.8 Å². The number of likely N-dealkylation sites (tertiary alicyclic amines) is 1. The molecule has 0 spiro atoms. The molecule has 7 nitrogen and oxygen atoms in total. The summed E-state index contributed by atoms with van der Waals surface area (Å²) >= 11 is 0. The van der Waals surface area contributed by atoms with E-state index in [2.05, 4.69) is 57.7 Å². The summed E-state index contributed by atoms with van der Waals surface area (Å²) in [7, 11) is 0. The van der Waals surface area contributed by atoms with Gasteiger partial charge in [0, 0.05) is 44.5 Å². The van der Waals surface area contributed by atoms with Crippen molar-refractivity contribution in [3.05, 3.63) is 30.3 Å². The maximum absolute atomic E-state index is 11.4. The van der Waals surface area contributed by atoms with Crippen LogP contribution in [-0.4, -0.2) is 68.6 Å². The van der Waals surface area contributed by atoms with Gasteiger partial charge in [0.2, 0.25) is 5.91 Å². The van der Waals surface area contributed by atoms with Crippen LogP contribution in [0.3, 0.4) is 0 Å². The molecular formula is C22H36N6O. The van der Waals surface area contributed by atoms with Crippen molar-refractivity contribution >= 4 is 17.6 Å². The molecular weight excluding hydrogens is 364 g/mol. The summed E-state index contributed by atoms with van der Waals surface area (Å²) < 4.78 is 0. The van der Waals surface area contributed by atoms with Crippen LogP contribution in [0.4, 0.5) is 5.69 Å². The summed E-state index contributed by atoms with van der Waals surface area (Å²) in [5.74, 6) is 0.759. The smallest absolute Gasteiger partial charge is 0.221 e. The second kappa shape index (κ2) is 11.0. The van der Waals surface area contributed by atoms with Gasteiger partial charge in [-0.1, -0.05) is 18.2 Å². The normalized spacial score (nSPS) is 23.2. The molecule has 3 rings (SSSR count). The van der Waals surface area contributed by atoms with E-state index in [9.17, 15) is 4.79 Å². The van der Waals surface area contributed by atoms with E-state index in [1.165, 1.54) is 5.69 Å². The number of aliphatic imine (C=N–C) groups is 1. The maximum atomic E-state index is 11.4. The highest BCUT2D eigenvalue weighted by Crippen LogP contribution is 2.19. The van der Waals surface area contributed by atoms with Crippen molar-refractivity contribution < 1.29 is 4.79 Å². The number of nitrogens with one attached hydrogen (secondary N) is 2. The lowest BCUT2D eigenvalue weighted by Gasteiger charge is -2.30. The minimum atomic E-state index is -0.160. The highest BCUT2D eigenvalue weighted by molar-refractivity contribution is 5.80. The lowest BCUT2D eigenvalue weighted by atomic mass is 9.97. The molecule has 0 saturated carbocycles. The lowest BCUT2D eigenvalue weighted by Crippen LogP contribution is -2.45. The van der Waals surface area contributed by atoms with Crippen molar-refractivity contribution in [3.63, 3.8) is 0 Å². The summed E-state index contributed by atoms with van der Waals surface area (Å²) in [4.78, 5) is 21.0. The number of nitrogens with zero attached hydrogens (tertiary/aromatic N) is 3. The van der Waals surface area contributed by atoms with Gasteiger partial charge in [-0.3, -0.25) is 9.79 Å². The molecule has 2 fully saturated rings. The number of guanidine groups is 1. The van der Waals surface area contributed by atoms with Crippen molar-refractivity contribution in [1.82, 2.24) is 15.5 Å². The summed E-state index contributed by atoms with van der Waals surface area (Å²) in [5, 5.41) is 6.97. The quantitative estimate of drug-likeness (QED) is 0.349. The summed E-state index contributed by atoms with van der Waals surface area (Å²) in [6, 6.07) is 11.0. The van der Waals surface area contributed by atoms with Crippen molar-refractivity contribution in [2.45, 2.75) is 38.6 Å². The van der Waals surface area contributed by atoms with E-state index < -0.39 is 0 Å². The molecule has 1 aromatic rings. The Balaban J connectivity index is 1.42. The third-order valence-corrected chi connectivity index (χ3v) is 5.80. The molecule has 0 aromatic heterocycles. The lowest BCUT2D eigenvalue weighted by molar-refractivity contribution is -0.123. The number of rotatable bonds is 8. The number of benzene rings is 1. The first-order chi connectivity index (χ1) is 14.2. The highest BCUT2D eigenvalue weighted by Gasteiger charge is 2.24. The van der Waals surface area contributed by atoms with Crippen LogP contribution >= 0.6 is 0 Å². The molecule has 2 saturated heterocycles. The fourth-order valence-electron chi connectivity index (χ4n) is 4.24. The number of carbonyl (C=O) groups excluding carboxylic acids is 1. The van der Waals surface area contributed by atoms with Gasteiger partial charge in [-0.25, -0.2) is 0 Å². The first-order valence-corrected chi connectivity index (χ1v) is 11.0. The second-order valence-electron chi connectivity index (χ2n) is 8.07. The molecule has 4 N–H and O–H groups in total. The molecule has 2 aliphatic heterocycles. The third kappa shape index (κ3) is 6.63. The molecule has 2 heterocycles. The molecule has 1 aromatic carbocycles. The van der Waals surface area contributed by atoms with Crippen LogP contribution in [0.1, 0.15) is 32.6 Å². The Bertz CT molecular complexity index is 665. The Morgan fingerprint density at radius 1 is 1.21 bits per heavy atom. The van der Waals surface area contributed by atoms with Gasteiger partial charge in [-0.2, -0.15) is 0 Å². The fraction of sp³-hybridized carbons (Fsp3) is 0.636. The number of hydrogen-bond donors (Lipinski definition) is 3. The predicted molar refractivity (Wildman–Crippen MR) is 119 cm³/mol. The second-order valence-corrected chi connectivity index (χ2v) is 8.07. The van der Waals surface area contributed by atoms with Gasteiger partial charge < -0.3 is 26.2 Å². The SMILES string of the molecule is CCNC(=NCCCN1CCCC(C(N)=O)C1)NC1CCN(c2ccccc2)C1. The zero-order chi connectivity index (χ0) is 20.5. The Hall–Kier alpha value is -2.28. The van der Waals surface area contributed by atoms with Crippen molar-refractivity contribution in [2.75, 3.05) is 50.7 Å². The van der Waals surface area contributed by atoms with Gasteiger partial charge in [-0.15, -0.1) is 0 Å². The van der Waals surface area contributed by atoms with E-state index in [0.717, 1.165) is 77.5 Å². The van der Waals surface area contributed by atoms with Gasteiger partial charge in [0.1, 0.15) is 0 Å². The third-order valence-electron chi connectivity index (χ3n) is 5.80. The number of amides is 1. The number of carbonyl (C=O) groups is 1. The number of para-hydroxylation sites is 1. The average Bonchev–Trinajstić information content (AvgIpc) is 3.21. The number of piperidine rings is 1. The first-order valence-electron chi connectivity index (χ1n) is 11.0. The minimum absolute atomic E-state index is 0.0150. The largest absolute Gasteiger partial charge is 0.369 e. The Kier molecular flexibility index (Phi) is 8.16. The van der Waals surface area contributed by atoms with Crippen LogP contribution in [0.2, 0.25) is 0 Å². The number of anilines is 1. The van der Waals surface area contributed by atoms with Crippen molar-refractivity contribution in [2.24, 2.45) is 16.6 Å². The first kappa shape index (κ1) is 21.4. The van der Waals surface area contributed by atoms with Gasteiger partial charge in [0.25, 0.3) is 0 Å². The summed E-state index contributed by atoms with van der Waals surface area (Å²) in [6.07, 6.45) is 4.09. The Labute approximate surface area is 174 Å². The standard InChI is InChI=1S/C22H36N6O/c1-2-24-22(25-12-7-14-27-13-6-8-18(16-27)21(23)29)26-19-11-15-28(17-19)20-9-4-3-5-10-20/h3-5,9-10,18-19H,2,6-8,11-17H2,1H3,(H2,23,29)(H2,24,25,26). The van der Waals surface area contributed by atoms with Crippen LogP contribution < -0.4 is 21.3 Å². The minimum Gasteiger partial charge on any atom is -0.369 e. The van der Waals surface area contributed by atoms with E-state index in [0.29, 0.717) is 6.04 Å². The average molecular weight is 401 g/mol. The van der Waals surface area contributed by atoms with Crippen molar-refractivity contribution in [1.29, 1.82) is 0 Å². The molecule has 0 bridgehead atoms. The maximum Gasteiger partial charge on any atom is 0.221 e. The fourth-order valence-corrected chi connectivity index (χ4v) is 4.24. The molecule has 2 aliphatic rings. The van der Waals surface area contributed by atoms with Crippen molar-refractivity contribution in [3.8, 4) is 0 Å². The predicted octanol–water partition coefficient (Wildman–Crippen LogP) is 1.41. The number of nitrogens with two attached hydrogens (primary N) is 1. The van der Waals surface area contributed by atoms with Crippen LogP contribution in [0.25, 0.3) is 0 Å². The van der Waals surface area contributed by atoms with Gasteiger partial charge in [0.05, 0.1) is 5.92 Å². The Morgan fingerprint density at radius 2 is 2.03 bits per heavy atom. The summed E-state index contributed by atoms with van der Waals surface area (Å²) in [6.45, 7) is 8.62. The molecule has 7 heteroatoms. The van der Waals surface area contributed by atoms with E-state index in [1.807, 2.05) is 0 Å².